The van der Waals surface area contributed by atoms with Gasteiger partial charge in [0.1, 0.15) is 11.8 Å². The van der Waals surface area contributed by atoms with E-state index in [0.29, 0.717) is 45.1 Å². The van der Waals surface area contributed by atoms with Crippen LogP contribution in [0.4, 0.5) is 18.9 Å². The molecular formula is C21H26F3N5O5. The topological polar surface area (TPSA) is 117 Å². The summed E-state index contributed by atoms with van der Waals surface area (Å²) >= 11 is 0. The van der Waals surface area contributed by atoms with E-state index in [0.717, 1.165) is 25.0 Å². The number of nitrogens with zero attached hydrogens (tertiary/aromatic N) is 3. The van der Waals surface area contributed by atoms with Gasteiger partial charge in [0.2, 0.25) is 11.8 Å². The Morgan fingerprint density at radius 2 is 1.79 bits per heavy atom. The smallest absolute Gasteiger partial charge is 0.406 e. The van der Waals surface area contributed by atoms with Gasteiger partial charge in [-0.25, -0.2) is 0 Å². The molecule has 2 aliphatic rings. The van der Waals surface area contributed by atoms with E-state index in [2.05, 4.69) is 15.4 Å². The number of halogens is 3. The lowest BCUT2D eigenvalue weighted by Gasteiger charge is -2.27. The summed E-state index contributed by atoms with van der Waals surface area (Å²) in [7, 11) is 0. The zero-order valence-electron chi connectivity index (χ0n) is 18.3. The molecule has 0 saturated carbocycles. The first-order valence-electron chi connectivity index (χ1n) is 10.9. The Balaban J connectivity index is 1.67. The molecule has 10 nitrogen and oxygen atoms in total. The summed E-state index contributed by atoms with van der Waals surface area (Å²) in [4.78, 5) is 39.2. The summed E-state index contributed by atoms with van der Waals surface area (Å²) in [6.45, 7) is 1.72. The fraction of sp³-hybridized carbons (Fsp3) is 0.524. The molecule has 2 heterocycles. The minimum absolute atomic E-state index is 0.0423. The second-order valence-corrected chi connectivity index (χ2v) is 8.07. The zero-order valence-corrected chi connectivity index (χ0v) is 18.3. The van der Waals surface area contributed by atoms with E-state index in [1.165, 1.54) is 17.0 Å². The molecule has 0 aromatic heterocycles. The minimum atomic E-state index is -4.84. The van der Waals surface area contributed by atoms with E-state index in [9.17, 15) is 32.9 Å². The van der Waals surface area contributed by atoms with Gasteiger partial charge < -0.3 is 25.2 Å². The van der Waals surface area contributed by atoms with Gasteiger partial charge in [0.05, 0.1) is 11.5 Å². The van der Waals surface area contributed by atoms with Crippen LogP contribution in [0.3, 0.4) is 0 Å². The highest BCUT2D eigenvalue weighted by Crippen LogP contribution is 2.24. The molecule has 0 bridgehead atoms. The second kappa shape index (κ2) is 11.1. The Kier molecular flexibility index (Phi) is 8.18. The van der Waals surface area contributed by atoms with Crippen LogP contribution in [0.2, 0.25) is 0 Å². The van der Waals surface area contributed by atoms with Gasteiger partial charge in [0, 0.05) is 25.3 Å². The molecule has 1 aromatic carbocycles. The molecule has 2 fully saturated rings. The highest BCUT2D eigenvalue weighted by Gasteiger charge is 2.32. The number of hydrogen-bond donors (Lipinski definition) is 2. The van der Waals surface area contributed by atoms with Crippen molar-refractivity contribution in [2.24, 2.45) is 0 Å². The van der Waals surface area contributed by atoms with Crippen molar-refractivity contribution in [2.45, 2.75) is 44.5 Å². The number of carbonyl (C=O) groups excluding carboxylic acids is 2. The van der Waals surface area contributed by atoms with Crippen LogP contribution in [0, 0.1) is 10.1 Å². The number of nitrogens with one attached hydrogen (secondary N) is 2. The molecule has 0 radical (unpaired) electrons. The fourth-order valence-corrected chi connectivity index (χ4v) is 3.92. The maximum Gasteiger partial charge on any atom is 0.573 e. The van der Waals surface area contributed by atoms with E-state index < -0.39 is 23.1 Å². The third-order valence-electron chi connectivity index (χ3n) is 5.50. The van der Waals surface area contributed by atoms with E-state index >= 15 is 0 Å². The van der Waals surface area contributed by atoms with Crippen LogP contribution in [0.15, 0.2) is 36.3 Å². The van der Waals surface area contributed by atoms with E-state index in [1.807, 2.05) is 0 Å². The van der Waals surface area contributed by atoms with Gasteiger partial charge in [-0.15, -0.1) is 13.2 Å². The number of alkyl halides is 3. The predicted molar refractivity (Wildman–Crippen MR) is 115 cm³/mol. The molecule has 2 amide bonds. The maximum atomic E-state index is 13.1. The number of ether oxygens (including phenoxy) is 1. The molecule has 0 spiro atoms. The lowest BCUT2D eigenvalue weighted by atomic mass is 10.1. The molecule has 1 aromatic rings. The first-order valence-corrected chi connectivity index (χ1v) is 10.9. The summed E-state index contributed by atoms with van der Waals surface area (Å²) in [6, 6.07) is 3.82. The average Bonchev–Trinajstić information content (AvgIpc) is 3.24. The highest BCUT2D eigenvalue weighted by molar-refractivity contribution is 5.88. The Labute approximate surface area is 193 Å². The van der Waals surface area contributed by atoms with Gasteiger partial charge in [-0.2, -0.15) is 0 Å². The van der Waals surface area contributed by atoms with Crippen molar-refractivity contribution in [3.05, 3.63) is 46.4 Å². The van der Waals surface area contributed by atoms with Crippen molar-refractivity contribution in [3.63, 3.8) is 0 Å². The molecule has 2 saturated heterocycles. The van der Waals surface area contributed by atoms with E-state index in [1.54, 1.807) is 4.90 Å². The first-order chi connectivity index (χ1) is 16.1. The summed E-state index contributed by atoms with van der Waals surface area (Å²) in [5, 5.41) is 16.7. The van der Waals surface area contributed by atoms with Crippen molar-refractivity contribution in [1.82, 2.24) is 15.1 Å². The number of hydrogen-bond acceptors (Lipinski definition) is 7. The number of amides is 2. The zero-order chi connectivity index (χ0) is 24.7. The summed E-state index contributed by atoms with van der Waals surface area (Å²) < 4.78 is 40.8. The van der Waals surface area contributed by atoms with Crippen molar-refractivity contribution < 1.29 is 32.4 Å². The van der Waals surface area contributed by atoms with Crippen molar-refractivity contribution in [3.8, 4) is 5.75 Å². The SMILES string of the molecule is O=C(CN1CCCCC(N/C(=C\[N+](=O)[O-])Nc2ccc(OC(F)(F)F)cc2)C1=O)N1CCCC1. The number of rotatable bonds is 8. The Hall–Kier alpha value is -3.51. The second-order valence-electron chi connectivity index (χ2n) is 8.07. The van der Waals surface area contributed by atoms with Gasteiger partial charge in [-0.3, -0.25) is 19.7 Å². The average molecular weight is 485 g/mol. The molecule has 0 aliphatic carbocycles. The van der Waals surface area contributed by atoms with Gasteiger partial charge >= 0.3 is 6.36 Å². The van der Waals surface area contributed by atoms with Crippen LogP contribution in [0.1, 0.15) is 32.1 Å². The van der Waals surface area contributed by atoms with Crippen LogP contribution >= 0.6 is 0 Å². The molecule has 186 valence electrons. The summed E-state index contributed by atoms with van der Waals surface area (Å²) in [5.74, 6) is -1.01. The normalized spacial score (nSPS) is 19.6. The summed E-state index contributed by atoms with van der Waals surface area (Å²) in [6.07, 6.45) is -0.552. The van der Waals surface area contributed by atoms with Crippen molar-refractivity contribution >= 4 is 17.5 Å². The highest BCUT2D eigenvalue weighted by atomic mass is 19.4. The molecule has 1 unspecified atom stereocenters. The first kappa shape index (κ1) is 25.1. The molecule has 3 rings (SSSR count). The largest absolute Gasteiger partial charge is 0.573 e. The lowest BCUT2D eigenvalue weighted by Crippen LogP contribution is -2.49. The molecule has 1 atom stereocenters. The van der Waals surface area contributed by atoms with Crippen molar-refractivity contribution in [2.75, 3.05) is 31.5 Å². The standard InChI is InChI=1S/C21H26F3N5O5/c22-21(23,24)34-16-8-6-15(7-9-16)25-18(13-29(32)33)26-17-5-1-2-12-28(20(17)31)14-19(30)27-10-3-4-11-27/h6-9,13,17,25-26H,1-5,10-12,14H2/b18-13-. The number of nitro groups is 1. The van der Waals surface area contributed by atoms with Gasteiger partial charge in [-0.1, -0.05) is 0 Å². The summed E-state index contributed by atoms with van der Waals surface area (Å²) in [5.41, 5.74) is 0.247. The molecule has 2 N–H and O–H groups in total. The number of likely N-dealkylation sites (tertiary alicyclic amines) is 2. The predicted octanol–water partition coefficient (Wildman–Crippen LogP) is 2.67. The van der Waals surface area contributed by atoms with Gasteiger partial charge in [0.25, 0.3) is 6.20 Å². The monoisotopic (exact) mass is 485 g/mol. The number of benzene rings is 1. The minimum Gasteiger partial charge on any atom is -0.406 e. The van der Waals surface area contributed by atoms with E-state index in [-0.39, 0.29) is 29.9 Å². The maximum absolute atomic E-state index is 13.1. The lowest BCUT2D eigenvalue weighted by molar-refractivity contribution is -0.403. The quantitative estimate of drug-likeness (QED) is 0.430. The third kappa shape index (κ3) is 7.52. The number of anilines is 1. The van der Waals surface area contributed by atoms with Crippen LogP contribution in [-0.2, 0) is 9.59 Å². The molecule has 13 heteroatoms. The molecule has 2 aliphatic heterocycles. The Morgan fingerprint density at radius 3 is 2.41 bits per heavy atom. The van der Waals surface area contributed by atoms with Crippen molar-refractivity contribution in [1.29, 1.82) is 0 Å². The Morgan fingerprint density at radius 1 is 1.15 bits per heavy atom. The molecular weight excluding hydrogens is 459 g/mol. The van der Waals surface area contributed by atoms with Crippen LogP contribution < -0.4 is 15.4 Å². The van der Waals surface area contributed by atoms with E-state index in [4.69, 9.17) is 0 Å². The fourth-order valence-electron chi connectivity index (χ4n) is 3.92. The third-order valence-corrected chi connectivity index (χ3v) is 5.50. The van der Waals surface area contributed by atoms with Gasteiger partial charge in [0.15, 0.2) is 5.82 Å². The van der Waals surface area contributed by atoms with Gasteiger partial charge in [-0.05, 0) is 56.4 Å². The van der Waals surface area contributed by atoms with Crippen LogP contribution in [0.25, 0.3) is 0 Å². The van der Waals surface area contributed by atoms with Crippen LogP contribution in [-0.4, -0.2) is 65.1 Å². The molecule has 34 heavy (non-hydrogen) atoms. The number of carbonyl (C=O) groups is 2. The van der Waals surface area contributed by atoms with Crippen LogP contribution in [0.5, 0.6) is 5.75 Å². The Bertz CT molecular complexity index is 916.